The lowest BCUT2D eigenvalue weighted by Crippen LogP contribution is -2.49. The van der Waals surface area contributed by atoms with Gasteiger partial charge in [-0.05, 0) is 44.2 Å². The van der Waals surface area contributed by atoms with Crippen LogP contribution in [0.3, 0.4) is 0 Å². The molecule has 28 heavy (non-hydrogen) atoms. The molecule has 0 saturated carbocycles. The van der Waals surface area contributed by atoms with Gasteiger partial charge in [-0.3, -0.25) is 9.59 Å². The molecular formula is C21H33N5O2. The first-order valence-electron chi connectivity index (χ1n) is 10.7. The summed E-state index contributed by atoms with van der Waals surface area (Å²) >= 11 is 0. The molecule has 2 fully saturated rings. The second-order valence-electron chi connectivity index (χ2n) is 7.80. The van der Waals surface area contributed by atoms with Crippen LogP contribution in [0, 0.1) is 0 Å². The van der Waals surface area contributed by atoms with E-state index in [0.717, 1.165) is 44.7 Å². The van der Waals surface area contributed by atoms with Crippen molar-refractivity contribution in [1.82, 2.24) is 15.2 Å². The molecule has 2 aliphatic heterocycles. The fraction of sp³-hybridized carbons (Fsp3) is 0.667. The Morgan fingerprint density at radius 3 is 2.50 bits per heavy atom. The highest BCUT2D eigenvalue weighted by atomic mass is 16.2. The minimum absolute atomic E-state index is 0.00712. The van der Waals surface area contributed by atoms with Gasteiger partial charge in [0.15, 0.2) is 0 Å². The van der Waals surface area contributed by atoms with E-state index in [2.05, 4.69) is 15.2 Å². The largest absolute Gasteiger partial charge is 0.357 e. The molecule has 7 nitrogen and oxygen atoms in total. The number of carbonyl (C=O) groups is 2. The number of likely N-dealkylation sites (tertiary alicyclic amines) is 1. The molecular weight excluding hydrogens is 354 g/mol. The van der Waals surface area contributed by atoms with Gasteiger partial charge >= 0.3 is 0 Å². The Kier molecular flexibility index (Phi) is 7.65. The fourth-order valence-electron chi connectivity index (χ4n) is 4.10. The number of anilines is 1. The average Bonchev–Trinajstić information content (AvgIpc) is 3.02. The molecule has 1 atom stereocenters. The molecule has 1 aromatic rings. The molecule has 3 rings (SSSR count). The Morgan fingerprint density at radius 1 is 1.07 bits per heavy atom. The molecule has 154 valence electrons. The van der Waals surface area contributed by atoms with Gasteiger partial charge in [-0.25, -0.2) is 4.98 Å². The number of rotatable bonds is 6. The van der Waals surface area contributed by atoms with Gasteiger partial charge in [0, 0.05) is 51.4 Å². The predicted molar refractivity (Wildman–Crippen MR) is 110 cm³/mol. The number of hydrogen-bond acceptors (Lipinski definition) is 5. The Bertz CT molecular complexity index is 641. The van der Waals surface area contributed by atoms with E-state index in [1.807, 2.05) is 17.0 Å². The zero-order valence-corrected chi connectivity index (χ0v) is 16.7. The van der Waals surface area contributed by atoms with Crippen LogP contribution in [0.4, 0.5) is 5.82 Å². The zero-order chi connectivity index (χ0) is 19.8. The third-order valence-corrected chi connectivity index (χ3v) is 5.72. The number of aromatic nitrogens is 1. The van der Waals surface area contributed by atoms with E-state index in [1.165, 1.54) is 25.7 Å². The second-order valence-corrected chi connectivity index (χ2v) is 7.80. The SMILES string of the molecule is NCCC(=O)NCC1CCCCN1C(=O)c1ccc(N2CCCCCC2)nc1. The minimum atomic E-state index is -0.0519. The number of nitrogens with one attached hydrogen (secondary N) is 1. The van der Waals surface area contributed by atoms with Gasteiger partial charge in [0.2, 0.25) is 5.91 Å². The molecule has 2 amide bonds. The maximum absolute atomic E-state index is 13.1. The summed E-state index contributed by atoms with van der Waals surface area (Å²) in [6, 6.07) is 3.91. The summed E-state index contributed by atoms with van der Waals surface area (Å²) in [4.78, 5) is 33.6. The van der Waals surface area contributed by atoms with Crippen LogP contribution in [0.15, 0.2) is 18.3 Å². The summed E-state index contributed by atoms with van der Waals surface area (Å²) in [5.74, 6) is 0.916. The van der Waals surface area contributed by atoms with Crippen molar-refractivity contribution in [3.8, 4) is 0 Å². The smallest absolute Gasteiger partial charge is 0.255 e. The molecule has 3 N–H and O–H groups in total. The van der Waals surface area contributed by atoms with Crippen molar-refractivity contribution in [2.75, 3.05) is 37.6 Å². The van der Waals surface area contributed by atoms with Crippen LogP contribution < -0.4 is 16.0 Å². The maximum Gasteiger partial charge on any atom is 0.255 e. The van der Waals surface area contributed by atoms with E-state index in [4.69, 9.17) is 5.73 Å². The summed E-state index contributed by atoms with van der Waals surface area (Å²) in [6.45, 7) is 3.64. The molecule has 0 aromatic carbocycles. The number of carbonyl (C=O) groups excluding carboxylic acids is 2. The molecule has 1 unspecified atom stereocenters. The van der Waals surface area contributed by atoms with E-state index >= 15 is 0 Å². The molecule has 3 heterocycles. The molecule has 2 saturated heterocycles. The third kappa shape index (κ3) is 5.44. The van der Waals surface area contributed by atoms with Crippen molar-refractivity contribution < 1.29 is 9.59 Å². The van der Waals surface area contributed by atoms with E-state index < -0.39 is 0 Å². The third-order valence-electron chi connectivity index (χ3n) is 5.72. The second kappa shape index (κ2) is 10.4. The number of amides is 2. The van der Waals surface area contributed by atoms with Crippen LogP contribution in [-0.2, 0) is 4.79 Å². The Labute approximate surface area is 167 Å². The van der Waals surface area contributed by atoms with Gasteiger partial charge in [0.1, 0.15) is 5.82 Å². The number of nitrogens with zero attached hydrogens (tertiary/aromatic N) is 3. The fourth-order valence-corrected chi connectivity index (χ4v) is 4.10. The van der Waals surface area contributed by atoms with Gasteiger partial charge < -0.3 is 20.9 Å². The first kappa shape index (κ1) is 20.6. The molecule has 2 aliphatic rings. The van der Waals surface area contributed by atoms with Crippen molar-refractivity contribution in [3.63, 3.8) is 0 Å². The zero-order valence-electron chi connectivity index (χ0n) is 16.7. The van der Waals surface area contributed by atoms with Crippen molar-refractivity contribution in [2.24, 2.45) is 5.73 Å². The first-order chi connectivity index (χ1) is 13.7. The van der Waals surface area contributed by atoms with Crippen LogP contribution in [0.5, 0.6) is 0 Å². The Balaban J connectivity index is 1.62. The van der Waals surface area contributed by atoms with Gasteiger partial charge in [-0.2, -0.15) is 0 Å². The predicted octanol–water partition coefficient (Wildman–Crippen LogP) is 1.92. The van der Waals surface area contributed by atoms with Crippen LogP contribution in [0.2, 0.25) is 0 Å². The van der Waals surface area contributed by atoms with E-state index in [0.29, 0.717) is 25.1 Å². The summed E-state index contributed by atoms with van der Waals surface area (Å²) in [6.07, 6.45) is 9.99. The highest BCUT2D eigenvalue weighted by Crippen LogP contribution is 2.21. The number of nitrogens with two attached hydrogens (primary N) is 1. The molecule has 1 aromatic heterocycles. The molecule has 0 spiro atoms. The molecule has 0 bridgehead atoms. The van der Waals surface area contributed by atoms with Crippen LogP contribution in [0.25, 0.3) is 0 Å². The summed E-state index contributed by atoms with van der Waals surface area (Å²) in [5, 5.41) is 2.91. The lowest BCUT2D eigenvalue weighted by molar-refractivity contribution is -0.121. The quantitative estimate of drug-likeness (QED) is 0.778. The van der Waals surface area contributed by atoms with Crippen molar-refractivity contribution in [3.05, 3.63) is 23.9 Å². The Morgan fingerprint density at radius 2 is 1.82 bits per heavy atom. The highest BCUT2D eigenvalue weighted by Gasteiger charge is 2.28. The number of pyridine rings is 1. The van der Waals surface area contributed by atoms with E-state index in [1.54, 1.807) is 6.20 Å². The lowest BCUT2D eigenvalue weighted by Gasteiger charge is -2.36. The average molecular weight is 388 g/mol. The van der Waals surface area contributed by atoms with Crippen LogP contribution >= 0.6 is 0 Å². The lowest BCUT2D eigenvalue weighted by atomic mass is 10.0. The normalized spacial score (nSPS) is 20.5. The monoisotopic (exact) mass is 387 g/mol. The van der Waals surface area contributed by atoms with Crippen molar-refractivity contribution >= 4 is 17.6 Å². The van der Waals surface area contributed by atoms with Gasteiger partial charge in [-0.15, -0.1) is 0 Å². The van der Waals surface area contributed by atoms with Gasteiger partial charge in [0.05, 0.1) is 5.56 Å². The minimum Gasteiger partial charge on any atom is -0.357 e. The summed E-state index contributed by atoms with van der Waals surface area (Å²) < 4.78 is 0. The standard InChI is InChI=1S/C21H33N5O2/c22-11-10-20(27)24-16-18-7-3-6-14-26(18)21(28)17-8-9-19(23-15-17)25-12-4-1-2-5-13-25/h8-9,15,18H,1-7,10-14,16,22H2,(H,24,27). The van der Waals surface area contributed by atoms with E-state index in [9.17, 15) is 9.59 Å². The summed E-state index contributed by atoms with van der Waals surface area (Å²) in [7, 11) is 0. The molecule has 0 radical (unpaired) electrons. The van der Waals surface area contributed by atoms with Crippen LogP contribution in [-0.4, -0.2) is 60.5 Å². The van der Waals surface area contributed by atoms with Crippen molar-refractivity contribution in [2.45, 2.75) is 57.4 Å². The summed E-state index contributed by atoms with van der Waals surface area (Å²) in [5.41, 5.74) is 6.05. The van der Waals surface area contributed by atoms with Crippen LogP contribution in [0.1, 0.15) is 61.7 Å². The highest BCUT2D eigenvalue weighted by molar-refractivity contribution is 5.94. The Hall–Kier alpha value is -2.15. The molecule has 0 aliphatic carbocycles. The number of hydrogen-bond donors (Lipinski definition) is 2. The topological polar surface area (TPSA) is 91.6 Å². The molecule has 7 heteroatoms. The maximum atomic E-state index is 13.1. The van der Waals surface area contributed by atoms with Gasteiger partial charge in [0.25, 0.3) is 5.91 Å². The van der Waals surface area contributed by atoms with Crippen molar-refractivity contribution in [1.29, 1.82) is 0 Å². The van der Waals surface area contributed by atoms with Gasteiger partial charge in [-0.1, -0.05) is 12.8 Å². The number of piperidine rings is 1. The van der Waals surface area contributed by atoms with E-state index in [-0.39, 0.29) is 17.9 Å². The first-order valence-corrected chi connectivity index (χ1v) is 10.7.